The van der Waals surface area contributed by atoms with Crippen LogP contribution in [-0.2, 0) is 11.2 Å². The number of halogens is 1. The van der Waals surface area contributed by atoms with Crippen molar-refractivity contribution in [1.29, 1.82) is 0 Å². The molecule has 1 amide bonds. The molecule has 1 aromatic carbocycles. The van der Waals surface area contributed by atoms with Gasteiger partial charge in [0.05, 0.1) is 13.5 Å². The summed E-state index contributed by atoms with van der Waals surface area (Å²) in [7, 11) is 1.61. The number of hydrogen-bond donors (Lipinski definition) is 2. The van der Waals surface area contributed by atoms with E-state index in [0.29, 0.717) is 19.5 Å². The fraction of sp³-hybridized carbons (Fsp3) is 0.417. The van der Waals surface area contributed by atoms with E-state index in [4.69, 9.17) is 10.5 Å². The largest absolute Gasteiger partial charge is 0.497 e. The predicted molar refractivity (Wildman–Crippen MR) is 70.6 cm³/mol. The van der Waals surface area contributed by atoms with E-state index in [1.807, 2.05) is 24.3 Å². The normalized spacial score (nSPS) is 9.29. The lowest BCUT2D eigenvalue weighted by Crippen LogP contribution is -2.27. The van der Waals surface area contributed by atoms with Crippen LogP contribution >= 0.6 is 12.4 Å². The molecule has 0 spiro atoms. The average Bonchev–Trinajstić information content (AvgIpc) is 2.29. The van der Waals surface area contributed by atoms with Crippen molar-refractivity contribution < 1.29 is 9.53 Å². The number of carbonyl (C=O) groups excluding carboxylic acids is 1. The van der Waals surface area contributed by atoms with Gasteiger partial charge in [0.15, 0.2) is 0 Å². The molecule has 1 aromatic rings. The summed E-state index contributed by atoms with van der Waals surface area (Å²) in [4.78, 5) is 11.5. The number of nitrogens with one attached hydrogen (secondary N) is 1. The minimum atomic E-state index is 0. The third-order valence-corrected chi connectivity index (χ3v) is 2.20. The Bertz CT molecular complexity index is 345. The van der Waals surface area contributed by atoms with Gasteiger partial charge in [-0.3, -0.25) is 4.79 Å². The highest BCUT2D eigenvalue weighted by Gasteiger charge is 2.03. The van der Waals surface area contributed by atoms with Crippen molar-refractivity contribution in [2.24, 2.45) is 5.73 Å². The van der Waals surface area contributed by atoms with Crippen LogP contribution in [0.4, 0.5) is 0 Å². The molecule has 0 unspecified atom stereocenters. The molecule has 4 nitrogen and oxygen atoms in total. The topological polar surface area (TPSA) is 64.3 Å². The zero-order chi connectivity index (χ0) is 11.8. The molecule has 5 heteroatoms. The lowest BCUT2D eigenvalue weighted by Gasteiger charge is -2.05. The summed E-state index contributed by atoms with van der Waals surface area (Å²) in [5.41, 5.74) is 6.29. The summed E-state index contributed by atoms with van der Waals surface area (Å²) in [5, 5.41) is 2.81. The molecule has 1 rings (SSSR count). The van der Waals surface area contributed by atoms with Crippen LogP contribution in [0.1, 0.15) is 12.0 Å². The molecule has 0 aliphatic heterocycles. The van der Waals surface area contributed by atoms with Gasteiger partial charge in [0.25, 0.3) is 0 Å². The van der Waals surface area contributed by atoms with Crippen LogP contribution in [-0.4, -0.2) is 26.1 Å². The Morgan fingerprint density at radius 1 is 1.47 bits per heavy atom. The molecule has 0 aromatic heterocycles. The average molecular weight is 259 g/mol. The maximum absolute atomic E-state index is 11.5. The predicted octanol–water partition coefficient (Wildman–Crippen LogP) is 1.12. The lowest BCUT2D eigenvalue weighted by atomic mass is 10.1. The zero-order valence-electron chi connectivity index (χ0n) is 9.94. The number of methoxy groups -OCH3 is 1. The summed E-state index contributed by atoms with van der Waals surface area (Å²) in [5.74, 6) is 0.786. The van der Waals surface area contributed by atoms with Gasteiger partial charge in [-0.05, 0) is 30.7 Å². The van der Waals surface area contributed by atoms with E-state index >= 15 is 0 Å². The minimum absolute atomic E-state index is 0. The van der Waals surface area contributed by atoms with Crippen molar-refractivity contribution in [3.05, 3.63) is 29.8 Å². The summed E-state index contributed by atoms with van der Waals surface area (Å²) in [6, 6.07) is 7.50. The van der Waals surface area contributed by atoms with Crippen LogP contribution in [0.25, 0.3) is 0 Å². The SMILES string of the molecule is COc1cccc(CC(=O)NCCCN)c1.Cl. The summed E-state index contributed by atoms with van der Waals surface area (Å²) in [6.45, 7) is 1.23. The van der Waals surface area contributed by atoms with Crippen molar-refractivity contribution >= 4 is 18.3 Å². The summed E-state index contributed by atoms with van der Waals surface area (Å²) < 4.78 is 5.09. The lowest BCUT2D eigenvalue weighted by molar-refractivity contribution is -0.120. The van der Waals surface area contributed by atoms with Gasteiger partial charge in [0, 0.05) is 6.54 Å². The molecule has 96 valence electrons. The third kappa shape index (κ3) is 6.14. The minimum Gasteiger partial charge on any atom is -0.497 e. The van der Waals surface area contributed by atoms with Gasteiger partial charge in [-0.25, -0.2) is 0 Å². The van der Waals surface area contributed by atoms with Crippen LogP contribution in [0.2, 0.25) is 0 Å². The number of hydrogen-bond acceptors (Lipinski definition) is 3. The Kier molecular flexibility index (Phi) is 8.19. The fourth-order valence-corrected chi connectivity index (χ4v) is 1.36. The van der Waals surface area contributed by atoms with Gasteiger partial charge in [-0.15, -0.1) is 12.4 Å². The van der Waals surface area contributed by atoms with Crippen molar-refractivity contribution in [2.75, 3.05) is 20.2 Å². The van der Waals surface area contributed by atoms with Crippen molar-refractivity contribution in [2.45, 2.75) is 12.8 Å². The number of rotatable bonds is 6. The van der Waals surface area contributed by atoms with E-state index in [1.54, 1.807) is 7.11 Å². The fourth-order valence-electron chi connectivity index (χ4n) is 1.36. The molecule has 3 N–H and O–H groups in total. The van der Waals surface area contributed by atoms with Crippen molar-refractivity contribution in [3.8, 4) is 5.75 Å². The number of ether oxygens (including phenoxy) is 1. The molecule has 17 heavy (non-hydrogen) atoms. The third-order valence-electron chi connectivity index (χ3n) is 2.20. The van der Waals surface area contributed by atoms with Crippen LogP contribution in [0, 0.1) is 0 Å². The number of benzene rings is 1. The van der Waals surface area contributed by atoms with E-state index in [0.717, 1.165) is 17.7 Å². The molecule has 0 atom stereocenters. The first-order valence-electron chi connectivity index (χ1n) is 5.36. The number of carbonyl (C=O) groups is 1. The monoisotopic (exact) mass is 258 g/mol. The highest BCUT2D eigenvalue weighted by molar-refractivity contribution is 5.85. The molecule has 0 aliphatic rings. The molecule has 0 saturated heterocycles. The Hall–Kier alpha value is -1.26. The van der Waals surface area contributed by atoms with Crippen LogP contribution < -0.4 is 15.8 Å². The first kappa shape index (κ1) is 15.7. The van der Waals surface area contributed by atoms with Crippen LogP contribution in [0.5, 0.6) is 5.75 Å². The Morgan fingerprint density at radius 2 is 2.24 bits per heavy atom. The van der Waals surface area contributed by atoms with Gasteiger partial charge in [0.2, 0.25) is 5.91 Å². The second-order valence-electron chi connectivity index (χ2n) is 3.52. The molecule has 0 bridgehead atoms. The standard InChI is InChI=1S/C12H18N2O2.ClH/c1-16-11-5-2-4-10(8-11)9-12(15)14-7-3-6-13;/h2,4-5,8H,3,6-7,9,13H2,1H3,(H,14,15);1H. The molecule has 0 heterocycles. The molecular formula is C12H19ClN2O2. The molecular weight excluding hydrogens is 240 g/mol. The van der Waals surface area contributed by atoms with Gasteiger partial charge in [0.1, 0.15) is 5.75 Å². The summed E-state index contributed by atoms with van der Waals surface area (Å²) in [6.07, 6.45) is 1.19. The Labute approximate surface area is 108 Å². The van der Waals surface area contributed by atoms with Crippen molar-refractivity contribution in [1.82, 2.24) is 5.32 Å². The number of nitrogens with two attached hydrogens (primary N) is 1. The van der Waals surface area contributed by atoms with E-state index in [1.165, 1.54) is 0 Å². The molecule has 0 saturated carbocycles. The summed E-state index contributed by atoms with van der Waals surface area (Å²) >= 11 is 0. The smallest absolute Gasteiger partial charge is 0.224 e. The first-order chi connectivity index (χ1) is 7.76. The van der Waals surface area contributed by atoms with E-state index in [9.17, 15) is 4.79 Å². The van der Waals surface area contributed by atoms with E-state index in [-0.39, 0.29) is 18.3 Å². The molecule has 0 aliphatic carbocycles. The second-order valence-corrected chi connectivity index (χ2v) is 3.52. The van der Waals surface area contributed by atoms with Crippen molar-refractivity contribution in [3.63, 3.8) is 0 Å². The maximum Gasteiger partial charge on any atom is 0.224 e. The van der Waals surface area contributed by atoms with Gasteiger partial charge >= 0.3 is 0 Å². The van der Waals surface area contributed by atoms with Gasteiger partial charge in [-0.2, -0.15) is 0 Å². The molecule has 0 fully saturated rings. The zero-order valence-corrected chi connectivity index (χ0v) is 10.8. The highest BCUT2D eigenvalue weighted by atomic mass is 35.5. The Morgan fingerprint density at radius 3 is 2.88 bits per heavy atom. The van der Waals surface area contributed by atoms with E-state index in [2.05, 4.69) is 5.32 Å². The van der Waals surface area contributed by atoms with Crippen LogP contribution in [0.15, 0.2) is 24.3 Å². The Balaban J connectivity index is 0.00000256. The first-order valence-corrected chi connectivity index (χ1v) is 5.36. The van der Waals surface area contributed by atoms with Gasteiger partial charge in [-0.1, -0.05) is 12.1 Å². The maximum atomic E-state index is 11.5. The van der Waals surface area contributed by atoms with Gasteiger partial charge < -0.3 is 15.8 Å². The quantitative estimate of drug-likeness (QED) is 0.752. The number of amides is 1. The van der Waals surface area contributed by atoms with E-state index < -0.39 is 0 Å². The second kappa shape index (κ2) is 8.84. The molecule has 0 radical (unpaired) electrons. The van der Waals surface area contributed by atoms with Crippen LogP contribution in [0.3, 0.4) is 0 Å². The highest BCUT2D eigenvalue weighted by Crippen LogP contribution is 2.12.